The molecule has 2 aromatic rings. The zero-order valence-corrected chi connectivity index (χ0v) is 17.4. The predicted molar refractivity (Wildman–Crippen MR) is 121 cm³/mol. The molecule has 0 fully saturated rings. The van der Waals surface area contributed by atoms with Crippen molar-refractivity contribution in [3.05, 3.63) is 95.2 Å². The van der Waals surface area contributed by atoms with Crippen molar-refractivity contribution in [2.75, 3.05) is 7.11 Å². The minimum absolute atomic E-state index is 0.0412. The molecule has 0 aromatic heterocycles. The van der Waals surface area contributed by atoms with E-state index in [2.05, 4.69) is 11.9 Å². The summed E-state index contributed by atoms with van der Waals surface area (Å²) in [7, 11) is 1.48. The molecule has 0 saturated carbocycles. The average molecular weight is 436 g/mol. The molecular weight excluding hydrogens is 412 g/mol. The number of hydrogen-bond acceptors (Lipinski definition) is 8. The van der Waals surface area contributed by atoms with Crippen molar-refractivity contribution in [2.24, 2.45) is 5.16 Å². The Kier molecular flexibility index (Phi) is 8.82. The lowest BCUT2D eigenvalue weighted by molar-refractivity contribution is -0.111. The molecular formula is C24H24N2O6. The molecule has 0 bridgehead atoms. The quantitative estimate of drug-likeness (QED) is 0.233. The van der Waals surface area contributed by atoms with E-state index < -0.39 is 0 Å². The van der Waals surface area contributed by atoms with Gasteiger partial charge < -0.3 is 20.2 Å². The zero-order chi connectivity index (χ0) is 23.5. The van der Waals surface area contributed by atoms with Crippen LogP contribution in [-0.2, 0) is 11.3 Å². The molecule has 2 aromatic carbocycles. The number of phenolic OH excluding ortho intramolecular Hbond substituents is 2. The second kappa shape index (κ2) is 11.8. The first-order valence-electron chi connectivity index (χ1n) is 9.41. The highest BCUT2D eigenvalue weighted by Crippen LogP contribution is 2.27. The van der Waals surface area contributed by atoms with Crippen LogP contribution in [0.25, 0.3) is 6.08 Å². The standard InChI is InChI=1S/C23H21NO5.CH3NO/c1-29-23-13-17(9-11-22(23)27)7-6-16-8-10-21(26)19(12-16)15-24(28)14-18-4-2-3-5-20(18)25;1-2-3/h2-13,15,25,27-28H,14H2,1H3;3H,1H2/b7-6+,19-15?;. The van der Waals surface area contributed by atoms with E-state index in [0.717, 1.165) is 16.2 Å². The fraction of sp³-hybridized carbons (Fsp3) is 0.0833. The molecule has 166 valence electrons. The highest BCUT2D eigenvalue weighted by Gasteiger charge is 2.12. The zero-order valence-electron chi connectivity index (χ0n) is 17.4. The number of allylic oxidation sites excluding steroid dienone is 6. The van der Waals surface area contributed by atoms with Gasteiger partial charge in [0, 0.05) is 24.1 Å². The molecule has 8 nitrogen and oxygen atoms in total. The van der Waals surface area contributed by atoms with Gasteiger partial charge in [0.05, 0.1) is 13.7 Å². The van der Waals surface area contributed by atoms with Crippen LogP contribution in [0.3, 0.4) is 0 Å². The number of ether oxygens (including phenoxy) is 1. The van der Waals surface area contributed by atoms with E-state index in [1.165, 1.54) is 25.5 Å². The van der Waals surface area contributed by atoms with Crippen LogP contribution < -0.4 is 4.74 Å². The van der Waals surface area contributed by atoms with Crippen LogP contribution in [0.5, 0.6) is 17.2 Å². The van der Waals surface area contributed by atoms with Crippen molar-refractivity contribution >= 4 is 18.6 Å². The molecule has 0 aliphatic heterocycles. The van der Waals surface area contributed by atoms with Crippen LogP contribution in [0.15, 0.2) is 89.3 Å². The van der Waals surface area contributed by atoms with Crippen molar-refractivity contribution < 1.29 is 30.2 Å². The summed E-state index contributed by atoms with van der Waals surface area (Å²) in [4.78, 5) is 12.1. The van der Waals surface area contributed by atoms with E-state index in [0.29, 0.717) is 16.9 Å². The summed E-state index contributed by atoms with van der Waals surface area (Å²) in [5.74, 6) is 0.272. The lowest BCUT2D eigenvalue weighted by Gasteiger charge is -2.15. The number of hydroxylamine groups is 2. The third-order valence-corrected chi connectivity index (χ3v) is 4.32. The molecule has 3 rings (SSSR count). The van der Waals surface area contributed by atoms with Gasteiger partial charge in [0.2, 0.25) is 0 Å². The second-order valence-corrected chi connectivity index (χ2v) is 6.56. The minimum Gasteiger partial charge on any atom is -0.508 e. The number of methoxy groups -OCH3 is 1. The number of hydrogen-bond donors (Lipinski definition) is 4. The molecule has 0 heterocycles. The monoisotopic (exact) mass is 436 g/mol. The lowest BCUT2D eigenvalue weighted by atomic mass is 10.0. The summed E-state index contributed by atoms with van der Waals surface area (Å²) in [6, 6.07) is 11.7. The summed E-state index contributed by atoms with van der Waals surface area (Å²) in [6.45, 7) is 2.71. The van der Waals surface area contributed by atoms with Gasteiger partial charge in [0.25, 0.3) is 0 Å². The van der Waals surface area contributed by atoms with Crippen LogP contribution in [-0.4, -0.2) is 45.3 Å². The average Bonchev–Trinajstić information content (AvgIpc) is 2.77. The highest BCUT2D eigenvalue weighted by atomic mass is 16.5. The van der Waals surface area contributed by atoms with Crippen LogP contribution in [0.4, 0.5) is 0 Å². The number of ketones is 1. The fourth-order valence-corrected chi connectivity index (χ4v) is 2.79. The number of phenols is 2. The van der Waals surface area contributed by atoms with E-state index in [9.17, 15) is 20.2 Å². The fourth-order valence-electron chi connectivity index (χ4n) is 2.79. The SMILES string of the molecule is C=NO.COc1cc(/C=C/C2=CC(=CN(O)Cc3ccccc3O)C(=O)C=C2)ccc1O. The Balaban J connectivity index is 0.00000114. The molecule has 0 atom stereocenters. The summed E-state index contributed by atoms with van der Waals surface area (Å²) in [5, 5.41) is 39.8. The third kappa shape index (κ3) is 6.89. The first-order chi connectivity index (χ1) is 15.4. The van der Waals surface area contributed by atoms with Crippen molar-refractivity contribution in [2.45, 2.75) is 6.54 Å². The van der Waals surface area contributed by atoms with Gasteiger partial charge in [-0.25, -0.2) is 0 Å². The van der Waals surface area contributed by atoms with E-state index in [4.69, 9.17) is 9.94 Å². The van der Waals surface area contributed by atoms with Gasteiger partial charge >= 0.3 is 0 Å². The van der Waals surface area contributed by atoms with Crippen molar-refractivity contribution in [1.82, 2.24) is 5.06 Å². The van der Waals surface area contributed by atoms with Gasteiger partial charge in [-0.2, -0.15) is 0 Å². The molecule has 8 heteroatoms. The number of oxime groups is 1. The summed E-state index contributed by atoms with van der Waals surface area (Å²) in [5.41, 5.74) is 2.43. The van der Waals surface area contributed by atoms with E-state index in [1.807, 2.05) is 12.2 Å². The van der Waals surface area contributed by atoms with E-state index >= 15 is 0 Å². The predicted octanol–water partition coefficient (Wildman–Crippen LogP) is 4.04. The number of aromatic hydroxyl groups is 2. The van der Waals surface area contributed by atoms with Crippen LogP contribution in [0.1, 0.15) is 11.1 Å². The van der Waals surface area contributed by atoms with Crippen molar-refractivity contribution in [3.63, 3.8) is 0 Å². The topological polar surface area (TPSA) is 123 Å². The number of rotatable bonds is 6. The molecule has 1 aliphatic carbocycles. The summed E-state index contributed by atoms with van der Waals surface area (Å²) >= 11 is 0. The first kappa shape index (κ1) is 24.0. The molecule has 32 heavy (non-hydrogen) atoms. The highest BCUT2D eigenvalue weighted by molar-refractivity contribution is 6.08. The van der Waals surface area contributed by atoms with E-state index in [-0.39, 0.29) is 23.8 Å². The smallest absolute Gasteiger partial charge is 0.187 e. The van der Waals surface area contributed by atoms with Gasteiger partial charge in [-0.15, -0.1) is 5.16 Å². The molecule has 0 amide bonds. The minimum atomic E-state index is -0.232. The summed E-state index contributed by atoms with van der Waals surface area (Å²) in [6.07, 6.45) is 9.73. The van der Waals surface area contributed by atoms with Gasteiger partial charge in [0.1, 0.15) is 5.75 Å². The Morgan fingerprint density at radius 3 is 2.50 bits per heavy atom. The molecule has 0 saturated heterocycles. The van der Waals surface area contributed by atoms with Gasteiger partial charge in [-0.05, 0) is 41.5 Å². The number of carbonyl (C=O) groups excluding carboxylic acids is 1. The Labute approximate surface area is 185 Å². The Hall–Kier alpha value is -4.30. The molecule has 4 N–H and O–H groups in total. The van der Waals surface area contributed by atoms with E-state index in [1.54, 1.807) is 48.6 Å². The summed E-state index contributed by atoms with van der Waals surface area (Å²) < 4.78 is 5.09. The largest absolute Gasteiger partial charge is 0.508 e. The number of nitrogens with zero attached hydrogens (tertiary/aromatic N) is 2. The third-order valence-electron chi connectivity index (χ3n) is 4.32. The maximum absolute atomic E-state index is 12.1. The molecule has 0 unspecified atom stereocenters. The van der Waals surface area contributed by atoms with Crippen molar-refractivity contribution in [1.29, 1.82) is 0 Å². The Morgan fingerprint density at radius 2 is 1.81 bits per heavy atom. The van der Waals surface area contributed by atoms with Crippen molar-refractivity contribution in [3.8, 4) is 17.2 Å². The Morgan fingerprint density at radius 1 is 1.09 bits per heavy atom. The van der Waals surface area contributed by atoms with Gasteiger partial charge in [-0.1, -0.05) is 42.5 Å². The van der Waals surface area contributed by atoms with Crippen LogP contribution in [0.2, 0.25) is 0 Å². The molecule has 0 spiro atoms. The first-order valence-corrected chi connectivity index (χ1v) is 9.41. The molecule has 1 aliphatic rings. The van der Waals surface area contributed by atoms with Crippen LogP contribution >= 0.6 is 0 Å². The maximum Gasteiger partial charge on any atom is 0.187 e. The lowest BCUT2D eigenvalue weighted by Crippen LogP contribution is -2.14. The molecule has 0 radical (unpaired) electrons. The number of carbonyl (C=O) groups is 1. The normalized spacial score (nSPS) is 14.0. The Bertz CT molecular complexity index is 1090. The maximum atomic E-state index is 12.1. The number of para-hydroxylation sites is 1. The second-order valence-electron chi connectivity index (χ2n) is 6.56. The van der Waals surface area contributed by atoms with Crippen LogP contribution in [0, 0.1) is 0 Å². The van der Waals surface area contributed by atoms with Gasteiger partial charge in [-0.3, -0.25) is 15.1 Å². The number of benzene rings is 2. The van der Waals surface area contributed by atoms with Gasteiger partial charge in [0.15, 0.2) is 17.3 Å².